The molecule has 3 heteroatoms. The number of carbonyl (C=O) groups excluding carboxylic acids is 1. The van der Waals surface area contributed by atoms with Crippen molar-refractivity contribution in [2.24, 2.45) is 0 Å². The molecule has 2 aromatic rings. The summed E-state index contributed by atoms with van der Waals surface area (Å²) >= 11 is 0. The molecule has 0 bridgehead atoms. The van der Waals surface area contributed by atoms with E-state index in [1.807, 2.05) is 57.2 Å². The van der Waals surface area contributed by atoms with Gasteiger partial charge in [-0.2, -0.15) is 0 Å². The summed E-state index contributed by atoms with van der Waals surface area (Å²) in [4.78, 5) is 12.5. The Labute approximate surface area is 138 Å². The maximum Gasteiger partial charge on any atom is 0.265 e. The van der Waals surface area contributed by atoms with Gasteiger partial charge in [-0.3, -0.25) is 4.79 Å². The van der Waals surface area contributed by atoms with E-state index in [4.69, 9.17) is 4.74 Å². The molecule has 1 amide bonds. The van der Waals surface area contributed by atoms with Crippen LogP contribution in [0.25, 0.3) is 0 Å². The molecular weight excluding hydrogens is 286 g/mol. The predicted molar refractivity (Wildman–Crippen MR) is 95.2 cm³/mol. The minimum Gasteiger partial charge on any atom is -0.480 e. The molecule has 0 aliphatic carbocycles. The first-order valence-electron chi connectivity index (χ1n) is 8.06. The van der Waals surface area contributed by atoms with E-state index < -0.39 is 6.10 Å². The zero-order valence-corrected chi connectivity index (χ0v) is 14.6. The molecule has 2 aromatic carbocycles. The van der Waals surface area contributed by atoms with Crippen LogP contribution in [0, 0.1) is 20.8 Å². The van der Waals surface area contributed by atoms with Gasteiger partial charge in [0.05, 0.1) is 0 Å². The van der Waals surface area contributed by atoms with Crippen molar-refractivity contribution in [2.45, 2.75) is 47.1 Å². The largest absolute Gasteiger partial charge is 0.480 e. The van der Waals surface area contributed by atoms with Gasteiger partial charge in [0.15, 0.2) is 6.10 Å². The molecule has 0 fully saturated rings. The van der Waals surface area contributed by atoms with E-state index in [1.54, 1.807) is 6.92 Å². The first kappa shape index (κ1) is 17.1. The number of aryl methyl sites for hydroxylation is 4. The van der Waals surface area contributed by atoms with Gasteiger partial charge in [0.25, 0.3) is 5.91 Å². The number of benzene rings is 2. The standard InChI is InChI=1S/C20H25NO2/c1-6-17-12-8-9-13(2)18(17)21-20(22)16(5)23-19-14(3)10-7-11-15(19)4/h7-12,16H,6H2,1-5H3,(H,21,22)/t16-/m1/s1. The molecule has 1 atom stereocenters. The lowest BCUT2D eigenvalue weighted by molar-refractivity contribution is -0.122. The lowest BCUT2D eigenvalue weighted by Gasteiger charge is -2.19. The molecule has 23 heavy (non-hydrogen) atoms. The van der Waals surface area contributed by atoms with Crippen LogP contribution in [-0.2, 0) is 11.2 Å². The van der Waals surface area contributed by atoms with Gasteiger partial charge in [0.2, 0.25) is 0 Å². The third-order valence-electron chi connectivity index (χ3n) is 4.06. The number of para-hydroxylation sites is 2. The summed E-state index contributed by atoms with van der Waals surface area (Å²) in [6.07, 6.45) is 0.322. The monoisotopic (exact) mass is 311 g/mol. The molecule has 0 heterocycles. The number of rotatable bonds is 5. The number of nitrogens with one attached hydrogen (secondary N) is 1. The number of carbonyl (C=O) groups is 1. The third kappa shape index (κ3) is 3.92. The molecule has 0 aliphatic heterocycles. The second kappa shape index (κ2) is 7.32. The molecule has 0 aliphatic rings. The summed E-state index contributed by atoms with van der Waals surface area (Å²) in [6, 6.07) is 12.0. The molecule has 0 saturated carbocycles. The van der Waals surface area contributed by atoms with Gasteiger partial charge in [0, 0.05) is 5.69 Å². The Balaban J connectivity index is 2.15. The Morgan fingerprint density at radius 2 is 1.61 bits per heavy atom. The first-order chi connectivity index (χ1) is 10.9. The fraction of sp³-hybridized carbons (Fsp3) is 0.350. The van der Waals surface area contributed by atoms with E-state index in [2.05, 4.69) is 12.2 Å². The van der Waals surface area contributed by atoms with E-state index in [-0.39, 0.29) is 5.91 Å². The minimum absolute atomic E-state index is 0.128. The molecule has 3 nitrogen and oxygen atoms in total. The van der Waals surface area contributed by atoms with Crippen molar-refractivity contribution < 1.29 is 9.53 Å². The summed E-state index contributed by atoms with van der Waals surface area (Å²) in [5, 5.41) is 3.02. The topological polar surface area (TPSA) is 38.3 Å². The maximum atomic E-state index is 12.5. The number of anilines is 1. The van der Waals surface area contributed by atoms with Gasteiger partial charge >= 0.3 is 0 Å². The van der Waals surface area contributed by atoms with E-state index in [0.29, 0.717) is 0 Å². The van der Waals surface area contributed by atoms with Crippen LogP contribution in [0.5, 0.6) is 5.75 Å². The Bertz CT molecular complexity index is 687. The van der Waals surface area contributed by atoms with Crippen molar-refractivity contribution in [3.05, 3.63) is 58.7 Å². The van der Waals surface area contributed by atoms with Crippen LogP contribution in [0.3, 0.4) is 0 Å². The van der Waals surface area contributed by atoms with Crippen LogP contribution in [0.15, 0.2) is 36.4 Å². The van der Waals surface area contributed by atoms with E-state index in [9.17, 15) is 4.79 Å². The van der Waals surface area contributed by atoms with Gasteiger partial charge in [-0.25, -0.2) is 0 Å². The highest BCUT2D eigenvalue weighted by atomic mass is 16.5. The molecule has 0 radical (unpaired) electrons. The number of hydrogen-bond donors (Lipinski definition) is 1. The first-order valence-corrected chi connectivity index (χ1v) is 8.06. The van der Waals surface area contributed by atoms with Crippen LogP contribution in [0.1, 0.15) is 36.1 Å². The average molecular weight is 311 g/mol. The van der Waals surface area contributed by atoms with Crippen molar-refractivity contribution in [1.82, 2.24) is 0 Å². The Kier molecular flexibility index (Phi) is 5.43. The summed E-state index contributed by atoms with van der Waals surface area (Å²) in [7, 11) is 0. The van der Waals surface area contributed by atoms with E-state index in [0.717, 1.165) is 40.1 Å². The summed E-state index contributed by atoms with van der Waals surface area (Å²) in [5.74, 6) is 0.660. The zero-order valence-electron chi connectivity index (χ0n) is 14.6. The van der Waals surface area contributed by atoms with Crippen molar-refractivity contribution in [1.29, 1.82) is 0 Å². The fourth-order valence-corrected chi connectivity index (χ4v) is 2.64. The van der Waals surface area contributed by atoms with Crippen LogP contribution >= 0.6 is 0 Å². The lowest BCUT2D eigenvalue weighted by atomic mass is 10.1. The number of amides is 1. The Morgan fingerprint density at radius 3 is 2.22 bits per heavy atom. The molecule has 122 valence electrons. The fourth-order valence-electron chi connectivity index (χ4n) is 2.64. The molecule has 0 saturated heterocycles. The minimum atomic E-state index is -0.556. The molecule has 0 spiro atoms. The van der Waals surface area contributed by atoms with E-state index in [1.165, 1.54) is 0 Å². The van der Waals surface area contributed by atoms with Crippen LogP contribution in [0.2, 0.25) is 0 Å². The Morgan fingerprint density at radius 1 is 1.04 bits per heavy atom. The van der Waals surface area contributed by atoms with Gasteiger partial charge in [0.1, 0.15) is 5.75 Å². The molecule has 1 N–H and O–H groups in total. The summed E-state index contributed by atoms with van der Waals surface area (Å²) < 4.78 is 5.91. The van der Waals surface area contributed by atoms with Crippen LogP contribution in [-0.4, -0.2) is 12.0 Å². The average Bonchev–Trinajstić information content (AvgIpc) is 2.52. The second-order valence-electron chi connectivity index (χ2n) is 5.93. The lowest BCUT2D eigenvalue weighted by Crippen LogP contribution is -2.31. The quantitative estimate of drug-likeness (QED) is 0.877. The highest BCUT2D eigenvalue weighted by Gasteiger charge is 2.18. The van der Waals surface area contributed by atoms with Crippen molar-refractivity contribution in [3.8, 4) is 5.75 Å². The molecule has 2 rings (SSSR count). The Hall–Kier alpha value is -2.29. The molecule has 0 unspecified atom stereocenters. The maximum absolute atomic E-state index is 12.5. The summed E-state index contributed by atoms with van der Waals surface area (Å²) in [5.41, 5.74) is 5.18. The van der Waals surface area contributed by atoms with Crippen molar-refractivity contribution in [2.75, 3.05) is 5.32 Å². The summed E-state index contributed by atoms with van der Waals surface area (Å²) in [6.45, 7) is 9.85. The highest BCUT2D eigenvalue weighted by Crippen LogP contribution is 2.25. The van der Waals surface area contributed by atoms with Crippen molar-refractivity contribution >= 4 is 11.6 Å². The smallest absolute Gasteiger partial charge is 0.265 e. The second-order valence-corrected chi connectivity index (χ2v) is 5.93. The zero-order chi connectivity index (χ0) is 17.0. The predicted octanol–water partition coefficient (Wildman–Crippen LogP) is 4.58. The normalized spacial score (nSPS) is 11.9. The third-order valence-corrected chi connectivity index (χ3v) is 4.06. The van der Waals surface area contributed by atoms with Crippen LogP contribution in [0.4, 0.5) is 5.69 Å². The van der Waals surface area contributed by atoms with Crippen LogP contribution < -0.4 is 10.1 Å². The highest BCUT2D eigenvalue weighted by molar-refractivity contribution is 5.95. The van der Waals surface area contributed by atoms with Gasteiger partial charge < -0.3 is 10.1 Å². The number of ether oxygens (including phenoxy) is 1. The number of hydrogen-bond acceptors (Lipinski definition) is 2. The molecule has 0 aromatic heterocycles. The van der Waals surface area contributed by atoms with E-state index >= 15 is 0 Å². The molecular formula is C20H25NO2. The van der Waals surface area contributed by atoms with Gasteiger partial charge in [-0.1, -0.05) is 43.3 Å². The SMILES string of the molecule is CCc1cccc(C)c1NC(=O)[C@@H](C)Oc1c(C)cccc1C. The van der Waals surface area contributed by atoms with Crippen molar-refractivity contribution in [3.63, 3.8) is 0 Å². The van der Waals surface area contributed by atoms with Gasteiger partial charge in [-0.05, 0) is 56.4 Å². The van der Waals surface area contributed by atoms with Gasteiger partial charge in [-0.15, -0.1) is 0 Å².